The topological polar surface area (TPSA) is 0 Å². The second kappa shape index (κ2) is 6.86. The summed E-state index contributed by atoms with van der Waals surface area (Å²) < 4.78 is 29.3. The average molecular weight is 342 g/mol. The molecule has 0 fully saturated rings. The predicted molar refractivity (Wildman–Crippen MR) is 98.6 cm³/mol. The molecule has 0 bridgehead atoms. The fraction of sp³-hybridized carbons (Fsp3) is 0.238. The minimum atomic E-state index is -0.506. The summed E-state index contributed by atoms with van der Waals surface area (Å²) in [6, 6.07) is 12.6. The number of hydrogen-bond acceptors (Lipinski definition) is 1. The molecule has 0 aliphatic heterocycles. The van der Waals surface area contributed by atoms with Gasteiger partial charge >= 0.3 is 0 Å². The molecule has 3 rings (SSSR count). The van der Waals surface area contributed by atoms with Crippen LogP contribution in [0, 0.1) is 18.6 Å². The molecule has 0 N–H and O–H groups in total. The number of benzene rings is 2. The van der Waals surface area contributed by atoms with Crippen LogP contribution in [0.2, 0.25) is 0 Å². The van der Waals surface area contributed by atoms with Crippen LogP contribution in [0.4, 0.5) is 8.78 Å². The maximum absolute atomic E-state index is 14.6. The van der Waals surface area contributed by atoms with Gasteiger partial charge < -0.3 is 0 Å². The molecular weight excluding hydrogens is 322 g/mol. The molecule has 0 atom stereocenters. The third-order valence-electron chi connectivity index (χ3n) is 4.33. The summed E-state index contributed by atoms with van der Waals surface area (Å²) in [4.78, 5) is 1.83. The maximum Gasteiger partial charge on any atom is 0.135 e. The highest BCUT2D eigenvalue weighted by molar-refractivity contribution is 7.15. The number of halogens is 2. The Morgan fingerprint density at radius 3 is 1.96 bits per heavy atom. The Labute approximate surface area is 145 Å². The zero-order chi connectivity index (χ0) is 17.3. The Hall–Kier alpha value is -2.00. The van der Waals surface area contributed by atoms with E-state index in [0.717, 1.165) is 24.0 Å². The van der Waals surface area contributed by atoms with Crippen molar-refractivity contribution in [1.29, 1.82) is 0 Å². The van der Waals surface area contributed by atoms with Crippen molar-refractivity contribution in [3.63, 3.8) is 0 Å². The first-order chi connectivity index (χ1) is 11.5. The third-order valence-corrected chi connectivity index (χ3v) is 5.72. The van der Waals surface area contributed by atoms with E-state index in [1.54, 1.807) is 0 Å². The third kappa shape index (κ3) is 3.13. The Kier molecular flexibility index (Phi) is 4.81. The molecule has 1 heterocycles. The molecule has 0 nitrogen and oxygen atoms in total. The molecule has 0 saturated carbocycles. The Bertz CT molecular complexity index is 837. The van der Waals surface area contributed by atoms with E-state index in [2.05, 4.69) is 13.8 Å². The Morgan fingerprint density at radius 2 is 1.46 bits per heavy atom. The van der Waals surface area contributed by atoms with Crippen LogP contribution < -0.4 is 0 Å². The second-order valence-electron chi connectivity index (χ2n) is 5.94. The van der Waals surface area contributed by atoms with Crippen molar-refractivity contribution in [2.24, 2.45) is 0 Å². The Balaban J connectivity index is 2.04. The quantitative estimate of drug-likeness (QED) is 0.489. The monoisotopic (exact) mass is 342 g/mol. The predicted octanol–water partition coefficient (Wildman–Crippen LogP) is 6.79. The zero-order valence-corrected chi connectivity index (χ0v) is 14.9. The van der Waals surface area contributed by atoms with E-state index in [1.165, 1.54) is 33.9 Å². The summed E-state index contributed by atoms with van der Waals surface area (Å²) in [7, 11) is 0. The van der Waals surface area contributed by atoms with Gasteiger partial charge in [0, 0.05) is 9.75 Å². The smallest absolute Gasteiger partial charge is 0.135 e. The fourth-order valence-electron chi connectivity index (χ4n) is 2.90. The lowest BCUT2D eigenvalue weighted by Crippen LogP contribution is -1.91. The normalized spacial score (nSPS) is 11.0. The molecule has 3 heteroatoms. The van der Waals surface area contributed by atoms with Crippen LogP contribution in [0.1, 0.15) is 29.9 Å². The van der Waals surface area contributed by atoms with Gasteiger partial charge in [0.2, 0.25) is 0 Å². The molecule has 0 spiro atoms. The molecule has 3 aromatic rings. The van der Waals surface area contributed by atoms with Crippen molar-refractivity contribution in [2.45, 2.75) is 33.6 Å². The van der Waals surface area contributed by atoms with E-state index in [-0.39, 0.29) is 5.56 Å². The summed E-state index contributed by atoms with van der Waals surface area (Å²) in [5, 5.41) is 0. The molecular formula is C21H20F2S. The number of aryl methyl sites for hydroxylation is 3. The van der Waals surface area contributed by atoms with Crippen LogP contribution in [0.5, 0.6) is 0 Å². The summed E-state index contributed by atoms with van der Waals surface area (Å²) in [6.07, 6.45) is 1.82. The molecule has 0 unspecified atom stereocenters. The van der Waals surface area contributed by atoms with E-state index in [9.17, 15) is 8.78 Å². The molecule has 0 amide bonds. The lowest BCUT2D eigenvalue weighted by atomic mass is 10.0. The lowest BCUT2D eigenvalue weighted by molar-refractivity contribution is 0.591. The maximum atomic E-state index is 14.6. The van der Waals surface area contributed by atoms with Crippen molar-refractivity contribution < 1.29 is 8.78 Å². The van der Waals surface area contributed by atoms with Gasteiger partial charge in [-0.25, -0.2) is 8.78 Å². The summed E-state index contributed by atoms with van der Waals surface area (Å²) in [5.74, 6) is -1.01. The van der Waals surface area contributed by atoms with Gasteiger partial charge in [0.1, 0.15) is 11.6 Å². The van der Waals surface area contributed by atoms with Crippen molar-refractivity contribution in [3.05, 3.63) is 70.1 Å². The van der Waals surface area contributed by atoms with E-state index >= 15 is 0 Å². The molecule has 124 valence electrons. The van der Waals surface area contributed by atoms with Gasteiger partial charge in [-0.1, -0.05) is 38.1 Å². The van der Waals surface area contributed by atoms with Crippen LogP contribution in [0.15, 0.2) is 42.5 Å². The molecule has 2 aromatic carbocycles. The number of hydrogen-bond donors (Lipinski definition) is 0. The standard InChI is InChI=1S/C21H20F2S/c1-4-14-6-8-15(9-7-14)16-11-17(22)21(18(23)12-16)20-10-13(3)19(5-2)24-20/h6-12H,4-5H2,1-3H3. The van der Waals surface area contributed by atoms with Crippen molar-refractivity contribution in [3.8, 4) is 21.6 Å². The molecule has 0 aliphatic rings. The minimum Gasteiger partial charge on any atom is -0.206 e. The van der Waals surface area contributed by atoms with Gasteiger partial charge in [-0.05, 0) is 60.2 Å². The Morgan fingerprint density at radius 1 is 0.833 bits per heavy atom. The first-order valence-electron chi connectivity index (χ1n) is 8.21. The van der Waals surface area contributed by atoms with Crippen molar-refractivity contribution in [2.75, 3.05) is 0 Å². The largest absolute Gasteiger partial charge is 0.206 e. The van der Waals surface area contributed by atoms with Gasteiger partial charge in [-0.15, -0.1) is 11.3 Å². The van der Waals surface area contributed by atoms with Crippen LogP contribution >= 0.6 is 11.3 Å². The van der Waals surface area contributed by atoms with Gasteiger partial charge in [0.05, 0.1) is 5.56 Å². The number of thiophene rings is 1. The van der Waals surface area contributed by atoms with Crippen LogP contribution in [0.3, 0.4) is 0 Å². The van der Waals surface area contributed by atoms with Gasteiger partial charge in [-0.3, -0.25) is 0 Å². The fourth-order valence-corrected chi connectivity index (χ4v) is 4.06. The molecule has 24 heavy (non-hydrogen) atoms. The minimum absolute atomic E-state index is 0.0803. The first-order valence-corrected chi connectivity index (χ1v) is 9.03. The SMILES string of the molecule is CCc1ccc(-c2cc(F)c(-c3cc(C)c(CC)s3)c(F)c2)cc1. The van der Waals surface area contributed by atoms with Crippen LogP contribution in [-0.4, -0.2) is 0 Å². The first kappa shape index (κ1) is 16.8. The highest BCUT2D eigenvalue weighted by Crippen LogP contribution is 2.37. The van der Waals surface area contributed by atoms with Gasteiger partial charge in [0.15, 0.2) is 0 Å². The van der Waals surface area contributed by atoms with Gasteiger partial charge in [-0.2, -0.15) is 0 Å². The summed E-state index contributed by atoms with van der Waals surface area (Å²) in [5.41, 5.74) is 3.78. The zero-order valence-electron chi connectivity index (χ0n) is 14.1. The molecule has 0 radical (unpaired) electrons. The highest BCUT2D eigenvalue weighted by atomic mass is 32.1. The van der Waals surface area contributed by atoms with Crippen LogP contribution in [0.25, 0.3) is 21.6 Å². The second-order valence-corrected chi connectivity index (χ2v) is 7.07. The van der Waals surface area contributed by atoms with Gasteiger partial charge in [0.25, 0.3) is 0 Å². The van der Waals surface area contributed by atoms with E-state index in [0.29, 0.717) is 10.4 Å². The van der Waals surface area contributed by atoms with Crippen molar-refractivity contribution >= 4 is 11.3 Å². The lowest BCUT2D eigenvalue weighted by Gasteiger charge is -2.08. The molecule has 0 aliphatic carbocycles. The van der Waals surface area contributed by atoms with E-state index < -0.39 is 11.6 Å². The molecule has 0 saturated heterocycles. The van der Waals surface area contributed by atoms with Crippen LogP contribution in [-0.2, 0) is 12.8 Å². The summed E-state index contributed by atoms with van der Waals surface area (Å²) in [6.45, 7) is 6.12. The molecule has 1 aromatic heterocycles. The number of rotatable bonds is 4. The van der Waals surface area contributed by atoms with E-state index in [4.69, 9.17) is 0 Å². The highest BCUT2D eigenvalue weighted by Gasteiger charge is 2.17. The average Bonchev–Trinajstić information content (AvgIpc) is 2.94. The van der Waals surface area contributed by atoms with E-state index in [1.807, 2.05) is 37.3 Å². The van der Waals surface area contributed by atoms with Crippen molar-refractivity contribution in [1.82, 2.24) is 0 Å². The summed E-state index contributed by atoms with van der Waals surface area (Å²) >= 11 is 1.47.